The molecule has 18 heavy (non-hydrogen) atoms. The number of benzene rings is 1. The highest BCUT2D eigenvalue weighted by Gasteiger charge is 2.16. The molecule has 1 unspecified atom stereocenters. The molecule has 0 aromatic heterocycles. The third kappa shape index (κ3) is 3.37. The number of hydrogen-bond donors (Lipinski definition) is 2. The highest BCUT2D eigenvalue weighted by Crippen LogP contribution is 2.35. The number of nitrogens with two attached hydrogens (primary N) is 1. The van der Waals surface area contributed by atoms with Crippen LogP contribution in [0.4, 0.5) is 0 Å². The summed E-state index contributed by atoms with van der Waals surface area (Å²) in [6.07, 6.45) is 1.98. The van der Waals surface area contributed by atoms with E-state index in [2.05, 4.69) is 5.32 Å². The van der Waals surface area contributed by atoms with Crippen molar-refractivity contribution in [1.82, 2.24) is 5.32 Å². The summed E-state index contributed by atoms with van der Waals surface area (Å²) >= 11 is 0. The van der Waals surface area contributed by atoms with E-state index in [1.807, 2.05) is 26.1 Å². The molecule has 0 aliphatic heterocycles. The molecule has 0 radical (unpaired) electrons. The Hall–Kier alpha value is -1.26. The van der Waals surface area contributed by atoms with Crippen molar-refractivity contribution in [2.75, 3.05) is 27.8 Å². The van der Waals surface area contributed by atoms with Gasteiger partial charge in [-0.3, -0.25) is 0 Å². The Kier molecular flexibility index (Phi) is 5.95. The van der Waals surface area contributed by atoms with E-state index in [-0.39, 0.29) is 6.04 Å². The highest BCUT2D eigenvalue weighted by molar-refractivity contribution is 5.50. The monoisotopic (exact) mass is 252 g/mol. The van der Waals surface area contributed by atoms with Gasteiger partial charge < -0.3 is 20.5 Å². The van der Waals surface area contributed by atoms with Crippen LogP contribution in [0.25, 0.3) is 0 Å². The second-order valence-electron chi connectivity index (χ2n) is 4.37. The maximum absolute atomic E-state index is 6.22. The maximum Gasteiger partial charge on any atom is 0.130 e. The van der Waals surface area contributed by atoms with Gasteiger partial charge in [-0.05, 0) is 39.4 Å². The van der Waals surface area contributed by atoms with Gasteiger partial charge in [-0.25, -0.2) is 0 Å². The fourth-order valence-corrected chi connectivity index (χ4v) is 2.13. The van der Waals surface area contributed by atoms with Crippen LogP contribution in [0.1, 0.15) is 30.0 Å². The highest BCUT2D eigenvalue weighted by atomic mass is 16.5. The molecule has 1 atom stereocenters. The summed E-state index contributed by atoms with van der Waals surface area (Å²) in [5, 5.41) is 3.13. The van der Waals surface area contributed by atoms with Crippen molar-refractivity contribution < 1.29 is 9.47 Å². The molecule has 4 heteroatoms. The van der Waals surface area contributed by atoms with Crippen molar-refractivity contribution in [3.8, 4) is 11.5 Å². The number of ether oxygens (including phenoxy) is 2. The van der Waals surface area contributed by atoms with Gasteiger partial charge in [-0.2, -0.15) is 0 Å². The predicted molar refractivity (Wildman–Crippen MR) is 74.4 cm³/mol. The van der Waals surface area contributed by atoms with Gasteiger partial charge in [0.1, 0.15) is 11.5 Å². The fraction of sp³-hybridized carbons (Fsp3) is 0.571. The Labute approximate surface area is 109 Å². The zero-order chi connectivity index (χ0) is 13.5. The lowest BCUT2D eigenvalue weighted by atomic mass is 9.99. The maximum atomic E-state index is 6.22. The molecule has 0 saturated carbocycles. The predicted octanol–water partition coefficient (Wildman–Crippen LogP) is 2.01. The quantitative estimate of drug-likeness (QED) is 0.729. The molecule has 0 saturated heterocycles. The second-order valence-corrected chi connectivity index (χ2v) is 4.37. The average molecular weight is 252 g/mol. The summed E-state index contributed by atoms with van der Waals surface area (Å²) in [5.74, 6) is 1.67. The van der Waals surface area contributed by atoms with Gasteiger partial charge in [0, 0.05) is 17.2 Å². The first kappa shape index (κ1) is 14.8. The standard InChI is InChI=1S/C14H24N2O2/c1-10-13(17-3)8-7-11(14(10)18-4)12(15)6-5-9-16-2/h7-8,12,16H,5-6,9,15H2,1-4H3. The van der Waals surface area contributed by atoms with Crippen molar-refractivity contribution in [1.29, 1.82) is 0 Å². The minimum Gasteiger partial charge on any atom is -0.496 e. The topological polar surface area (TPSA) is 56.5 Å². The molecule has 3 N–H and O–H groups in total. The van der Waals surface area contributed by atoms with Gasteiger partial charge in [0.05, 0.1) is 14.2 Å². The van der Waals surface area contributed by atoms with Crippen LogP contribution in [0.5, 0.6) is 11.5 Å². The molecule has 0 fully saturated rings. The molecule has 0 bridgehead atoms. The zero-order valence-corrected chi connectivity index (χ0v) is 11.7. The normalized spacial score (nSPS) is 12.3. The molecule has 1 aromatic carbocycles. The van der Waals surface area contributed by atoms with Crippen molar-refractivity contribution in [2.45, 2.75) is 25.8 Å². The van der Waals surface area contributed by atoms with Crippen LogP contribution in [0.15, 0.2) is 12.1 Å². The molecule has 1 rings (SSSR count). The van der Waals surface area contributed by atoms with Crippen molar-refractivity contribution in [3.63, 3.8) is 0 Å². The Balaban J connectivity index is 2.90. The van der Waals surface area contributed by atoms with Crippen LogP contribution in [-0.2, 0) is 0 Å². The molecular formula is C14H24N2O2. The lowest BCUT2D eigenvalue weighted by Crippen LogP contribution is -2.15. The molecule has 0 spiro atoms. The second kappa shape index (κ2) is 7.24. The number of nitrogens with one attached hydrogen (secondary N) is 1. The Morgan fingerprint density at radius 1 is 1.28 bits per heavy atom. The zero-order valence-electron chi connectivity index (χ0n) is 11.7. The summed E-state index contributed by atoms with van der Waals surface area (Å²) in [5.41, 5.74) is 8.27. The van der Waals surface area contributed by atoms with Crippen molar-refractivity contribution in [3.05, 3.63) is 23.3 Å². The van der Waals surface area contributed by atoms with E-state index in [9.17, 15) is 0 Å². The van der Waals surface area contributed by atoms with E-state index < -0.39 is 0 Å². The number of methoxy groups -OCH3 is 2. The minimum atomic E-state index is -0.00194. The molecule has 0 aliphatic rings. The molecule has 0 aliphatic carbocycles. The molecule has 1 aromatic rings. The van der Waals surface area contributed by atoms with Gasteiger partial charge >= 0.3 is 0 Å². The Morgan fingerprint density at radius 2 is 2.00 bits per heavy atom. The van der Waals surface area contributed by atoms with E-state index in [0.717, 1.165) is 42.0 Å². The third-order valence-electron chi connectivity index (χ3n) is 3.15. The smallest absolute Gasteiger partial charge is 0.130 e. The van der Waals surface area contributed by atoms with Crippen LogP contribution < -0.4 is 20.5 Å². The summed E-state index contributed by atoms with van der Waals surface area (Å²) in [4.78, 5) is 0. The first-order valence-electron chi connectivity index (χ1n) is 6.27. The third-order valence-corrected chi connectivity index (χ3v) is 3.15. The lowest BCUT2D eigenvalue weighted by molar-refractivity contribution is 0.381. The van der Waals surface area contributed by atoms with E-state index >= 15 is 0 Å². The first-order chi connectivity index (χ1) is 8.65. The molecule has 4 nitrogen and oxygen atoms in total. The van der Waals surface area contributed by atoms with Crippen molar-refractivity contribution >= 4 is 0 Å². The van der Waals surface area contributed by atoms with Crippen molar-refractivity contribution in [2.24, 2.45) is 5.73 Å². The van der Waals surface area contributed by atoms with Crippen LogP contribution in [0.2, 0.25) is 0 Å². The van der Waals surface area contributed by atoms with E-state index in [1.54, 1.807) is 14.2 Å². The number of hydrogen-bond acceptors (Lipinski definition) is 4. The lowest BCUT2D eigenvalue weighted by Gasteiger charge is -2.19. The van der Waals surface area contributed by atoms with E-state index in [1.165, 1.54) is 0 Å². The van der Waals surface area contributed by atoms with Crippen LogP contribution in [0.3, 0.4) is 0 Å². The molecular weight excluding hydrogens is 228 g/mol. The van der Waals surface area contributed by atoms with Crippen LogP contribution in [-0.4, -0.2) is 27.8 Å². The fourth-order valence-electron chi connectivity index (χ4n) is 2.13. The molecule has 0 amide bonds. The molecule has 102 valence electrons. The summed E-state index contributed by atoms with van der Waals surface area (Å²) in [7, 11) is 5.28. The van der Waals surface area contributed by atoms with Gasteiger partial charge in [0.2, 0.25) is 0 Å². The summed E-state index contributed by atoms with van der Waals surface area (Å²) < 4.78 is 10.8. The number of rotatable bonds is 7. The van der Waals surface area contributed by atoms with Gasteiger partial charge in [0.25, 0.3) is 0 Å². The SMILES string of the molecule is CNCCCC(N)c1ccc(OC)c(C)c1OC. The summed E-state index contributed by atoms with van der Waals surface area (Å²) in [6, 6.07) is 3.94. The van der Waals surface area contributed by atoms with E-state index in [4.69, 9.17) is 15.2 Å². The van der Waals surface area contributed by atoms with Crippen LogP contribution in [0, 0.1) is 6.92 Å². The van der Waals surface area contributed by atoms with E-state index in [0.29, 0.717) is 0 Å². The van der Waals surface area contributed by atoms with Gasteiger partial charge in [-0.15, -0.1) is 0 Å². The largest absolute Gasteiger partial charge is 0.496 e. The minimum absolute atomic E-state index is 0.00194. The molecule has 0 heterocycles. The van der Waals surface area contributed by atoms with Gasteiger partial charge in [0.15, 0.2) is 0 Å². The average Bonchev–Trinajstić information content (AvgIpc) is 2.38. The Bertz CT molecular complexity index is 380. The van der Waals surface area contributed by atoms with Crippen LogP contribution >= 0.6 is 0 Å². The summed E-state index contributed by atoms with van der Waals surface area (Å²) in [6.45, 7) is 2.96. The van der Waals surface area contributed by atoms with Gasteiger partial charge in [-0.1, -0.05) is 6.07 Å². The first-order valence-corrected chi connectivity index (χ1v) is 6.27. The Morgan fingerprint density at radius 3 is 2.56 bits per heavy atom.